The van der Waals surface area contributed by atoms with E-state index in [2.05, 4.69) is 0 Å². The lowest BCUT2D eigenvalue weighted by atomic mass is 10.2. The second kappa shape index (κ2) is 6.95. The lowest BCUT2D eigenvalue weighted by molar-refractivity contribution is -0.142. The van der Waals surface area contributed by atoms with Gasteiger partial charge in [0.2, 0.25) is 10.0 Å². The van der Waals surface area contributed by atoms with E-state index < -0.39 is 26.8 Å². The summed E-state index contributed by atoms with van der Waals surface area (Å²) in [6.07, 6.45) is 1.14. The number of nitrogens with zero attached hydrogens (tertiary/aromatic N) is 2. The first-order valence-electron chi connectivity index (χ1n) is 7.76. The van der Waals surface area contributed by atoms with Crippen LogP contribution in [0, 0.1) is 5.82 Å². The molecular formula is C15H18ClFN2O4S. The van der Waals surface area contributed by atoms with E-state index in [-0.39, 0.29) is 37.1 Å². The second-order valence-electron chi connectivity index (χ2n) is 5.78. The first-order chi connectivity index (χ1) is 11.4. The molecule has 0 spiro atoms. The van der Waals surface area contributed by atoms with Gasteiger partial charge in [-0.1, -0.05) is 17.7 Å². The number of hydrogen-bond acceptors (Lipinski definition) is 4. The summed E-state index contributed by atoms with van der Waals surface area (Å²) in [5.74, 6) is -1.05. The number of halogens is 2. The molecule has 0 bridgehead atoms. The molecule has 2 heterocycles. The molecule has 1 aromatic carbocycles. The monoisotopic (exact) mass is 376 g/mol. The number of carbonyl (C=O) groups is 1. The van der Waals surface area contributed by atoms with Crippen LogP contribution in [0.25, 0.3) is 0 Å². The first-order valence-corrected chi connectivity index (χ1v) is 9.57. The molecule has 3 rings (SSSR count). The van der Waals surface area contributed by atoms with E-state index in [1.807, 2.05) is 0 Å². The van der Waals surface area contributed by atoms with Gasteiger partial charge in [-0.25, -0.2) is 12.8 Å². The van der Waals surface area contributed by atoms with Gasteiger partial charge in [-0.3, -0.25) is 4.79 Å². The van der Waals surface area contributed by atoms with Crippen LogP contribution in [0.5, 0.6) is 0 Å². The van der Waals surface area contributed by atoms with Crippen molar-refractivity contribution in [1.82, 2.24) is 9.21 Å². The molecule has 1 unspecified atom stereocenters. The largest absolute Gasteiger partial charge is 0.368 e. The Morgan fingerprint density at radius 1 is 1.25 bits per heavy atom. The van der Waals surface area contributed by atoms with Gasteiger partial charge in [-0.05, 0) is 25.0 Å². The summed E-state index contributed by atoms with van der Waals surface area (Å²) >= 11 is 5.67. The predicted octanol–water partition coefficient (Wildman–Crippen LogP) is 1.49. The molecule has 0 radical (unpaired) electrons. The Kier molecular flexibility index (Phi) is 5.10. The maximum absolute atomic E-state index is 14.0. The van der Waals surface area contributed by atoms with Crippen molar-refractivity contribution in [2.24, 2.45) is 0 Å². The smallest absolute Gasteiger partial charge is 0.251 e. The van der Waals surface area contributed by atoms with E-state index >= 15 is 0 Å². The summed E-state index contributed by atoms with van der Waals surface area (Å²) < 4.78 is 45.8. The van der Waals surface area contributed by atoms with Crippen LogP contribution >= 0.6 is 11.6 Å². The third-order valence-electron chi connectivity index (χ3n) is 4.29. The van der Waals surface area contributed by atoms with E-state index in [4.69, 9.17) is 16.3 Å². The van der Waals surface area contributed by atoms with E-state index in [0.717, 1.165) is 6.42 Å². The first kappa shape index (κ1) is 17.6. The van der Waals surface area contributed by atoms with E-state index in [1.165, 1.54) is 22.5 Å². The summed E-state index contributed by atoms with van der Waals surface area (Å²) in [5, 5.41) is -0.233. The van der Waals surface area contributed by atoms with Gasteiger partial charge in [-0.2, -0.15) is 4.31 Å². The van der Waals surface area contributed by atoms with Gasteiger partial charge >= 0.3 is 0 Å². The Hall–Kier alpha value is -1.22. The van der Waals surface area contributed by atoms with Crippen LogP contribution < -0.4 is 0 Å². The molecule has 9 heteroatoms. The quantitative estimate of drug-likeness (QED) is 0.801. The molecule has 2 aliphatic rings. The molecule has 0 N–H and O–H groups in total. The number of ether oxygens (including phenoxy) is 1. The van der Waals surface area contributed by atoms with E-state index in [0.29, 0.717) is 13.0 Å². The summed E-state index contributed by atoms with van der Waals surface area (Å²) in [5.41, 5.74) is 0. The van der Waals surface area contributed by atoms with Crippen molar-refractivity contribution >= 4 is 27.5 Å². The van der Waals surface area contributed by atoms with Crippen LogP contribution in [0.2, 0.25) is 5.02 Å². The molecule has 6 nitrogen and oxygen atoms in total. The molecular weight excluding hydrogens is 359 g/mol. The topological polar surface area (TPSA) is 66.9 Å². The Morgan fingerprint density at radius 3 is 2.58 bits per heavy atom. The highest BCUT2D eigenvalue weighted by Gasteiger charge is 2.35. The second-order valence-corrected chi connectivity index (χ2v) is 8.10. The number of sulfonamides is 1. The Balaban J connectivity index is 1.69. The lowest BCUT2D eigenvalue weighted by Gasteiger charge is -2.35. The molecule has 132 valence electrons. The number of rotatable bonds is 3. The van der Waals surface area contributed by atoms with Crippen LogP contribution in [0.3, 0.4) is 0 Å². The number of carbonyl (C=O) groups excluding carboxylic acids is 1. The number of amides is 1. The average molecular weight is 377 g/mol. The summed E-state index contributed by atoms with van der Waals surface area (Å²) in [7, 11) is -3.98. The van der Waals surface area contributed by atoms with Crippen molar-refractivity contribution in [3.05, 3.63) is 29.0 Å². The average Bonchev–Trinajstić information content (AvgIpc) is 3.11. The lowest BCUT2D eigenvalue weighted by Crippen LogP contribution is -2.52. The molecule has 0 aromatic heterocycles. The summed E-state index contributed by atoms with van der Waals surface area (Å²) in [4.78, 5) is 13.5. The molecule has 0 saturated carbocycles. The highest BCUT2D eigenvalue weighted by molar-refractivity contribution is 7.89. The highest BCUT2D eigenvalue weighted by Crippen LogP contribution is 2.26. The Morgan fingerprint density at radius 2 is 1.96 bits per heavy atom. The molecule has 1 atom stereocenters. The van der Waals surface area contributed by atoms with Crippen molar-refractivity contribution in [1.29, 1.82) is 0 Å². The fraction of sp³-hybridized carbons (Fsp3) is 0.533. The van der Waals surface area contributed by atoms with Gasteiger partial charge in [0.05, 0.1) is 5.02 Å². The normalized spacial score (nSPS) is 22.8. The van der Waals surface area contributed by atoms with Gasteiger partial charge in [0.25, 0.3) is 5.91 Å². The number of piperazine rings is 1. The van der Waals surface area contributed by atoms with Gasteiger partial charge in [0, 0.05) is 32.8 Å². The maximum atomic E-state index is 14.0. The van der Waals surface area contributed by atoms with Crippen LogP contribution in [-0.2, 0) is 19.6 Å². The molecule has 2 saturated heterocycles. The third-order valence-corrected chi connectivity index (χ3v) is 6.50. The molecule has 2 aliphatic heterocycles. The van der Waals surface area contributed by atoms with Crippen molar-refractivity contribution in [3.63, 3.8) is 0 Å². The van der Waals surface area contributed by atoms with Crippen molar-refractivity contribution in [2.75, 3.05) is 32.8 Å². The van der Waals surface area contributed by atoms with Crippen molar-refractivity contribution < 1.29 is 22.3 Å². The molecule has 1 aromatic rings. The Bertz CT molecular complexity index is 729. The zero-order valence-corrected chi connectivity index (χ0v) is 14.5. The number of benzene rings is 1. The predicted molar refractivity (Wildman–Crippen MR) is 85.7 cm³/mol. The van der Waals surface area contributed by atoms with Crippen LogP contribution in [-0.4, -0.2) is 62.4 Å². The molecule has 2 fully saturated rings. The fourth-order valence-corrected chi connectivity index (χ4v) is 4.69. The number of hydrogen-bond donors (Lipinski definition) is 0. The fourth-order valence-electron chi connectivity index (χ4n) is 2.95. The molecule has 0 aliphatic carbocycles. The minimum atomic E-state index is -3.98. The minimum absolute atomic E-state index is 0.0986. The van der Waals surface area contributed by atoms with Gasteiger partial charge in [-0.15, -0.1) is 0 Å². The Labute approximate surface area is 145 Å². The van der Waals surface area contributed by atoms with Crippen LogP contribution in [0.1, 0.15) is 12.8 Å². The molecule has 1 amide bonds. The zero-order valence-electron chi connectivity index (χ0n) is 13.0. The van der Waals surface area contributed by atoms with Crippen LogP contribution in [0.15, 0.2) is 23.1 Å². The standard InChI is InChI=1S/C15H18ClFN2O4S/c16-11-3-1-5-13(14(11)17)24(21,22)19-8-6-18(7-9-19)15(20)12-4-2-10-23-12/h1,3,5,12H,2,4,6-10H2. The van der Waals surface area contributed by atoms with Gasteiger partial charge in [0.1, 0.15) is 11.0 Å². The summed E-state index contributed by atoms with van der Waals surface area (Å²) in [6, 6.07) is 3.89. The summed E-state index contributed by atoms with van der Waals surface area (Å²) in [6.45, 7) is 1.35. The third kappa shape index (κ3) is 3.28. The van der Waals surface area contributed by atoms with E-state index in [1.54, 1.807) is 4.90 Å². The SMILES string of the molecule is O=C(C1CCCO1)N1CCN(S(=O)(=O)c2cccc(Cl)c2F)CC1. The van der Waals surface area contributed by atoms with Gasteiger partial charge in [0.15, 0.2) is 5.82 Å². The van der Waals surface area contributed by atoms with Crippen molar-refractivity contribution in [3.8, 4) is 0 Å². The van der Waals surface area contributed by atoms with E-state index in [9.17, 15) is 17.6 Å². The van der Waals surface area contributed by atoms with Gasteiger partial charge < -0.3 is 9.64 Å². The highest BCUT2D eigenvalue weighted by atomic mass is 35.5. The molecule has 24 heavy (non-hydrogen) atoms. The maximum Gasteiger partial charge on any atom is 0.251 e. The van der Waals surface area contributed by atoms with Crippen LogP contribution in [0.4, 0.5) is 4.39 Å². The zero-order chi connectivity index (χ0) is 17.3. The minimum Gasteiger partial charge on any atom is -0.368 e. The van der Waals surface area contributed by atoms with Crippen molar-refractivity contribution in [2.45, 2.75) is 23.8 Å².